The van der Waals surface area contributed by atoms with Gasteiger partial charge in [0.05, 0.1) is 25.5 Å². The molecule has 1 aromatic heterocycles. The lowest BCUT2D eigenvalue weighted by atomic mass is 9.89. The van der Waals surface area contributed by atoms with E-state index in [0.29, 0.717) is 12.5 Å². The zero-order valence-electron chi connectivity index (χ0n) is 17.3. The summed E-state index contributed by atoms with van der Waals surface area (Å²) in [4.78, 5) is 6.82. The summed E-state index contributed by atoms with van der Waals surface area (Å²) in [5.74, 6) is 1.36. The maximum absolute atomic E-state index is 6.14. The smallest absolute Gasteiger partial charge is 0.193 e. The molecule has 0 amide bonds. The molecule has 2 fully saturated rings. The molecule has 1 aromatic carbocycles. The maximum atomic E-state index is 6.14. The molecular weight excluding hydrogens is 366 g/mol. The van der Waals surface area contributed by atoms with Crippen molar-refractivity contribution in [1.29, 1.82) is 0 Å². The van der Waals surface area contributed by atoms with E-state index in [4.69, 9.17) is 9.47 Å². The second-order valence-electron chi connectivity index (χ2n) is 7.79. The summed E-state index contributed by atoms with van der Waals surface area (Å²) >= 11 is 0. The topological polar surface area (TPSA) is 63.9 Å². The van der Waals surface area contributed by atoms with E-state index in [2.05, 4.69) is 50.6 Å². The molecule has 7 nitrogen and oxygen atoms in total. The van der Waals surface area contributed by atoms with Gasteiger partial charge in [0.1, 0.15) is 6.10 Å². The van der Waals surface area contributed by atoms with E-state index in [0.717, 1.165) is 50.6 Å². The Kier molecular flexibility index (Phi) is 6.46. The van der Waals surface area contributed by atoms with Crippen LogP contribution in [0.15, 0.2) is 47.7 Å². The highest BCUT2D eigenvalue weighted by Crippen LogP contribution is 2.33. The summed E-state index contributed by atoms with van der Waals surface area (Å²) in [5.41, 5.74) is 2.37. The zero-order valence-corrected chi connectivity index (χ0v) is 17.3. The summed E-state index contributed by atoms with van der Waals surface area (Å²) < 4.78 is 13.9. The van der Waals surface area contributed by atoms with Crippen molar-refractivity contribution in [2.45, 2.75) is 25.0 Å². The lowest BCUT2D eigenvalue weighted by Crippen LogP contribution is -2.49. The molecule has 0 spiro atoms. The van der Waals surface area contributed by atoms with E-state index < -0.39 is 0 Å². The fourth-order valence-corrected chi connectivity index (χ4v) is 4.27. The molecule has 2 aliphatic heterocycles. The van der Waals surface area contributed by atoms with Gasteiger partial charge in [-0.15, -0.1) is 0 Å². The van der Waals surface area contributed by atoms with Crippen LogP contribution in [0.3, 0.4) is 0 Å². The van der Waals surface area contributed by atoms with Crippen LogP contribution in [0.25, 0.3) is 0 Å². The van der Waals surface area contributed by atoms with Crippen LogP contribution >= 0.6 is 0 Å². The lowest BCUT2D eigenvalue weighted by molar-refractivity contribution is -0.0276. The number of rotatable bonds is 4. The van der Waals surface area contributed by atoms with Gasteiger partial charge in [0.15, 0.2) is 5.96 Å². The molecule has 3 unspecified atom stereocenters. The Balaban J connectivity index is 1.38. The number of nitrogens with zero attached hydrogens (tertiary/aromatic N) is 4. The second kappa shape index (κ2) is 9.41. The lowest BCUT2D eigenvalue weighted by Gasteiger charge is -2.37. The van der Waals surface area contributed by atoms with Crippen LogP contribution in [0.5, 0.6) is 0 Å². The number of aliphatic imine (C=N–C) groups is 1. The normalized spacial score (nSPS) is 25.8. The molecule has 7 heteroatoms. The Morgan fingerprint density at radius 1 is 1.21 bits per heavy atom. The molecule has 2 aromatic rings. The number of benzene rings is 1. The molecule has 0 saturated carbocycles. The SMILES string of the molecule is CN=C(NCC1CCCOC1c1ccccc1)N1CCOC(c2cnn(C)c2)C1. The van der Waals surface area contributed by atoms with Crippen LogP contribution in [-0.4, -0.2) is 60.5 Å². The minimum Gasteiger partial charge on any atom is -0.373 e. The van der Waals surface area contributed by atoms with Crippen LogP contribution in [0.4, 0.5) is 0 Å². The fraction of sp³-hybridized carbons (Fsp3) is 0.545. The standard InChI is InChI=1S/C22H31N5O2/c1-23-22(27-10-12-28-20(16-27)19-14-25-26(2)15-19)24-13-18-9-6-11-29-21(18)17-7-4-3-5-8-17/h3-5,7-8,14-15,18,20-21H,6,9-13,16H2,1-2H3,(H,23,24). The number of hydrogen-bond donors (Lipinski definition) is 1. The van der Waals surface area contributed by atoms with E-state index in [-0.39, 0.29) is 12.2 Å². The largest absolute Gasteiger partial charge is 0.373 e. The predicted molar refractivity (Wildman–Crippen MR) is 113 cm³/mol. The van der Waals surface area contributed by atoms with Crippen LogP contribution in [0.2, 0.25) is 0 Å². The Morgan fingerprint density at radius 3 is 2.83 bits per heavy atom. The highest BCUT2D eigenvalue weighted by molar-refractivity contribution is 5.80. The van der Waals surface area contributed by atoms with E-state index >= 15 is 0 Å². The third-order valence-corrected chi connectivity index (χ3v) is 5.77. The van der Waals surface area contributed by atoms with Gasteiger partial charge in [-0.1, -0.05) is 30.3 Å². The van der Waals surface area contributed by atoms with E-state index in [1.165, 1.54) is 5.56 Å². The summed E-state index contributed by atoms with van der Waals surface area (Å²) in [6, 6.07) is 10.6. The number of morpholine rings is 1. The fourth-order valence-electron chi connectivity index (χ4n) is 4.27. The van der Waals surface area contributed by atoms with Crippen molar-refractivity contribution < 1.29 is 9.47 Å². The molecule has 0 bridgehead atoms. The first-order chi connectivity index (χ1) is 14.2. The highest BCUT2D eigenvalue weighted by Gasteiger charge is 2.29. The quantitative estimate of drug-likeness (QED) is 0.635. The van der Waals surface area contributed by atoms with Crippen molar-refractivity contribution in [1.82, 2.24) is 20.0 Å². The molecule has 1 N–H and O–H groups in total. The minimum absolute atomic E-state index is 0.0195. The summed E-state index contributed by atoms with van der Waals surface area (Å²) in [7, 11) is 3.78. The number of guanidine groups is 1. The average molecular weight is 398 g/mol. The van der Waals surface area contributed by atoms with Crippen LogP contribution in [-0.2, 0) is 16.5 Å². The summed E-state index contributed by atoms with van der Waals surface area (Å²) in [6.07, 6.45) is 6.33. The number of aryl methyl sites for hydroxylation is 1. The van der Waals surface area contributed by atoms with Crippen LogP contribution in [0.1, 0.15) is 36.2 Å². The van der Waals surface area contributed by atoms with Gasteiger partial charge in [0.2, 0.25) is 0 Å². The van der Waals surface area contributed by atoms with Gasteiger partial charge in [-0.25, -0.2) is 0 Å². The van der Waals surface area contributed by atoms with Gasteiger partial charge < -0.3 is 19.7 Å². The van der Waals surface area contributed by atoms with Crippen molar-refractivity contribution >= 4 is 5.96 Å². The molecule has 156 valence electrons. The molecular formula is C22H31N5O2. The van der Waals surface area contributed by atoms with Gasteiger partial charge >= 0.3 is 0 Å². The van der Waals surface area contributed by atoms with Gasteiger partial charge in [-0.2, -0.15) is 5.10 Å². The first-order valence-electron chi connectivity index (χ1n) is 10.5. The molecule has 2 aliphatic rings. The monoisotopic (exact) mass is 397 g/mol. The Labute approximate surface area is 172 Å². The Morgan fingerprint density at radius 2 is 2.07 bits per heavy atom. The van der Waals surface area contributed by atoms with Crippen molar-refractivity contribution in [2.75, 3.05) is 39.9 Å². The first-order valence-corrected chi connectivity index (χ1v) is 10.5. The van der Waals surface area contributed by atoms with Crippen molar-refractivity contribution in [3.63, 3.8) is 0 Å². The minimum atomic E-state index is 0.0195. The Bertz CT molecular complexity index is 807. The number of aromatic nitrogens is 2. The summed E-state index contributed by atoms with van der Waals surface area (Å²) in [5, 5.41) is 7.88. The third kappa shape index (κ3) is 4.79. The number of hydrogen-bond acceptors (Lipinski definition) is 4. The van der Waals surface area contributed by atoms with Gasteiger partial charge in [-0.05, 0) is 18.4 Å². The van der Waals surface area contributed by atoms with Crippen molar-refractivity contribution in [3.05, 3.63) is 53.9 Å². The molecule has 0 radical (unpaired) electrons. The van der Waals surface area contributed by atoms with Crippen molar-refractivity contribution in [3.8, 4) is 0 Å². The van der Waals surface area contributed by atoms with Crippen molar-refractivity contribution in [2.24, 2.45) is 18.0 Å². The molecule has 4 rings (SSSR count). The van der Waals surface area contributed by atoms with Crippen LogP contribution < -0.4 is 5.32 Å². The maximum Gasteiger partial charge on any atom is 0.193 e. The van der Waals surface area contributed by atoms with Crippen LogP contribution in [0, 0.1) is 5.92 Å². The van der Waals surface area contributed by atoms with Gasteiger partial charge in [0.25, 0.3) is 0 Å². The molecule has 29 heavy (non-hydrogen) atoms. The average Bonchev–Trinajstić information content (AvgIpc) is 3.22. The van der Waals surface area contributed by atoms with E-state index in [1.807, 2.05) is 31.2 Å². The molecule has 3 heterocycles. The molecule has 2 saturated heterocycles. The van der Waals surface area contributed by atoms with E-state index in [9.17, 15) is 0 Å². The summed E-state index contributed by atoms with van der Waals surface area (Å²) in [6.45, 7) is 3.97. The third-order valence-electron chi connectivity index (χ3n) is 5.77. The Hall–Kier alpha value is -2.38. The van der Waals surface area contributed by atoms with Gasteiger partial charge in [0, 0.05) is 51.5 Å². The second-order valence-corrected chi connectivity index (χ2v) is 7.79. The zero-order chi connectivity index (χ0) is 20.1. The van der Waals surface area contributed by atoms with Gasteiger partial charge in [-0.3, -0.25) is 9.67 Å². The predicted octanol–water partition coefficient (Wildman–Crippen LogP) is 2.54. The first kappa shape index (κ1) is 19.9. The highest BCUT2D eigenvalue weighted by atomic mass is 16.5. The molecule has 0 aliphatic carbocycles. The molecule has 3 atom stereocenters. The van der Waals surface area contributed by atoms with E-state index in [1.54, 1.807) is 0 Å². The number of ether oxygens (including phenoxy) is 2. The number of nitrogens with one attached hydrogen (secondary N) is 1.